The Morgan fingerprint density at radius 1 is 1.27 bits per heavy atom. The zero-order valence-corrected chi connectivity index (χ0v) is 14.7. The average Bonchev–Trinajstić information content (AvgIpc) is 3.40. The van der Waals surface area contributed by atoms with Crippen LogP contribution in [0.25, 0.3) is 0 Å². The minimum atomic E-state index is -4.54. The van der Waals surface area contributed by atoms with Gasteiger partial charge in [0.05, 0.1) is 22.9 Å². The lowest BCUT2D eigenvalue weighted by Gasteiger charge is -2.15. The zero-order valence-electron chi connectivity index (χ0n) is 13.9. The smallest absolute Gasteiger partial charge is 0.394 e. The van der Waals surface area contributed by atoms with E-state index in [4.69, 9.17) is 11.6 Å². The molecule has 1 heterocycles. The predicted molar refractivity (Wildman–Crippen MR) is 93.9 cm³/mol. The first-order valence-corrected chi connectivity index (χ1v) is 8.54. The Balaban J connectivity index is 1.89. The van der Waals surface area contributed by atoms with E-state index in [0.717, 1.165) is 24.6 Å². The number of aromatic nitrogens is 2. The Hall–Kier alpha value is -2.06. The molecule has 0 saturated heterocycles. The molecule has 3 rings (SSSR count). The molecule has 1 aliphatic rings. The molecular formula is C17H18ClF3N4O. The van der Waals surface area contributed by atoms with Gasteiger partial charge in [0, 0.05) is 23.7 Å². The topological polar surface area (TPSA) is 70.1 Å². The highest BCUT2D eigenvalue weighted by Crippen LogP contribution is 2.40. The van der Waals surface area contributed by atoms with Crippen LogP contribution in [0.15, 0.2) is 24.3 Å². The maximum Gasteiger partial charge on any atom is 0.417 e. The Labute approximate surface area is 153 Å². The van der Waals surface area contributed by atoms with Crippen molar-refractivity contribution in [2.75, 3.05) is 17.2 Å². The van der Waals surface area contributed by atoms with E-state index in [1.54, 1.807) is 13.0 Å². The maximum atomic E-state index is 13.0. The van der Waals surface area contributed by atoms with E-state index < -0.39 is 11.7 Å². The minimum Gasteiger partial charge on any atom is -0.394 e. The second-order valence-corrected chi connectivity index (χ2v) is 6.73. The number of nitrogens with one attached hydrogen (secondary N) is 2. The van der Waals surface area contributed by atoms with Crippen molar-refractivity contribution in [2.24, 2.45) is 0 Å². The normalized spacial score (nSPS) is 15.6. The molecule has 9 heteroatoms. The van der Waals surface area contributed by atoms with Gasteiger partial charge in [-0.25, -0.2) is 4.98 Å². The van der Waals surface area contributed by atoms with Crippen LogP contribution in [0.4, 0.5) is 30.6 Å². The van der Waals surface area contributed by atoms with Crippen molar-refractivity contribution in [1.82, 2.24) is 9.97 Å². The summed E-state index contributed by atoms with van der Waals surface area (Å²) >= 11 is 5.65. The van der Waals surface area contributed by atoms with Crippen molar-refractivity contribution < 1.29 is 18.3 Å². The Morgan fingerprint density at radius 3 is 2.62 bits per heavy atom. The third-order valence-corrected chi connectivity index (χ3v) is 4.26. The highest BCUT2D eigenvalue weighted by atomic mass is 35.5. The lowest BCUT2D eigenvalue weighted by molar-refractivity contribution is -0.137. The van der Waals surface area contributed by atoms with E-state index in [1.165, 1.54) is 12.1 Å². The summed E-state index contributed by atoms with van der Waals surface area (Å²) in [6.07, 6.45) is -2.50. The van der Waals surface area contributed by atoms with Crippen molar-refractivity contribution in [3.05, 3.63) is 40.5 Å². The SMILES string of the molecule is C[C@H](CO)Nc1nc(Nc2ccc(Cl)c(C(F)(F)F)c2)cc(C2CC2)n1. The molecule has 3 N–H and O–H groups in total. The van der Waals surface area contributed by atoms with E-state index in [0.29, 0.717) is 17.7 Å². The molecule has 140 valence electrons. The molecule has 0 unspecified atom stereocenters. The van der Waals surface area contributed by atoms with Gasteiger partial charge in [-0.1, -0.05) is 11.6 Å². The number of nitrogens with zero attached hydrogens (tertiary/aromatic N) is 2. The van der Waals surface area contributed by atoms with Crippen molar-refractivity contribution in [3.8, 4) is 0 Å². The molecule has 1 atom stereocenters. The van der Waals surface area contributed by atoms with Gasteiger partial charge in [-0.05, 0) is 38.0 Å². The summed E-state index contributed by atoms with van der Waals surface area (Å²) in [6, 6.07) is 5.09. The summed E-state index contributed by atoms with van der Waals surface area (Å²) < 4.78 is 39.1. The van der Waals surface area contributed by atoms with Crippen LogP contribution < -0.4 is 10.6 Å². The molecule has 0 amide bonds. The molecular weight excluding hydrogens is 369 g/mol. The van der Waals surface area contributed by atoms with Crippen LogP contribution in [0, 0.1) is 0 Å². The quantitative estimate of drug-likeness (QED) is 0.678. The average molecular weight is 387 g/mol. The molecule has 1 aliphatic carbocycles. The molecule has 1 saturated carbocycles. The number of rotatable bonds is 6. The predicted octanol–water partition coefficient (Wildman–Crippen LogP) is 4.56. The van der Waals surface area contributed by atoms with E-state index in [-0.39, 0.29) is 23.4 Å². The number of hydrogen-bond acceptors (Lipinski definition) is 5. The van der Waals surface area contributed by atoms with E-state index in [1.807, 2.05) is 0 Å². The fraction of sp³-hybridized carbons (Fsp3) is 0.412. The van der Waals surface area contributed by atoms with Crippen LogP contribution in [-0.4, -0.2) is 27.7 Å². The first kappa shape index (κ1) is 18.7. The summed E-state index contributed by atoms with van der Waals surface area (Å²) in [7, 11) is 0. The first-order valence-electron chi connectivity index (χ1n) is 8.16. The lowest BCUT2D eigenvalue weighted by Crippen LogP contribution is -2.21. The zero-order chi connectivity index (χ0) is 18.9. The van der Waals surface area contributed by atoms with Gasteiger partial charge in [-0.15, -0.1) is 0 Å². The van der Waals surface area contributed by atoms with Gasteiger partial charge < -0.3 is 15.7 Å². The number of benzene rings is 1. The number of halogens is 4. The highest BCUT2D eigenvalue weighted by molar-refractivity contribution is 6.31. The van der Waals surface area contributed by atoms with E-state index >= 15 is 0 Å². The van der Waals surface area contributed by atoms with Gasteiger partial charge in [0.25, 0.3) is 0 Å². The van der Waals surface area contributed by atoms with Gasteiger partial charge in [0.1, 0.15) is 5.82 Å². The second kappa shape index (κ2) is 7.28. The van der Waals surface area contributed by atoms with Gasteiger partial charge in [0.15, 0.2) is 0 Å². The third-order valence-electron chi connectivity index (χ3n) is 3.94. The van der Waals surface area contributed by atoms with Crippen LogP contribution in [-0.2, 0) is 6.18 Å². The molecule has 2 aromatic rings. The molecule has 1 fully saturated rings. The number of aliphatic hydroxyl groups excluding tert-OH is 1. The Bertz CT molecular complexity index is 796. The molecule has 1 aromatic carbocycles. The van der Waals surface area contributed by atoms with Gasteiger partial charge >= 0.3 is 6.18 Å². The van der Waals surface area contributed by atoms with Crippen LogP contribution in [0.2, 0.25) is 5.02 Å². The van der Waals surface area contributed by atoms with Gasteiger partial charge in [0.2, 0.25) is 5.95 Å². The van der Waals surface area contributed by atoms with Crippen molar-refractivity contribution in [1.29, 1.82) is 0 Å². The molecule has 5 nitrogen and oxygen atoms in total. The molecule has 0 spiro atoms. The summed E-state index contributed by atoms with van der Waals surface area (Å²) in [5, 5.41) is 14.7. The van der Waals surface area contributed by atoms with Crippen LogP contribution in [0.5, 0.6) is 0 Å². The number of hydrogen-bond donors (Lipinski definition) is 3. The number of alkyl halides is 3. The molecule has 1 aromatic heterocycles. The fourth-order valence-corrected chi connectivity index (χ4v) is 2.64. The number of anilines is 3. The summed E-state index contributed by atoms with van der Waals surface area (Å²) in [6.45, 7) is 1.68. The third kappa shape index (κ3) is 4.56. The van der Waals surface area contributed by atoms with Crippen LogP contribution in [0.3, 0.4) is 0 Å². The lowest BCUT2D eigenvalue weighted by atomic mass is 10.2. The van der Waals surface area contributed by atoms with Crippen molar-refractivity contribution >= 4 is 29.1 Å². The monoisotopic (exact) mass is 386 g/mol. The van der Waals surface area contributed by atoms with Gasteiger partial charge in [-0.2, -0.15) is 18.2 Å². The fourth-order valence-electron chi connectivity index (χ4n) is 2.42. The second-order valence-electron chi connectivity index (χ2n) is 6.32. The summed E-state index contributed by atoms with van der Waals surface area (Å²) in [5.41, 5.74) is 0.136. The van der Waals surface area contributed by atoms with Crippen LogP contribution in [0.1, 0.15) is 36.9 Å². The standard InChI is InChI=1S/C17H18ClF3N4O/c1-9(8-26)22-16-24-14(10-2-3-10)7-15(25-16)23-11-4-5-13(18)12(6-11)17(19,20)21/h4-7,9-10,26H,2-3,8H2,1H3,(H2,22,23,24,25)/t9-/m1/s1. The van der Waals surface area contributed by atoms with Gasteiger partial charge in [-0.3, -0.25) is 0 Å². The summed E-state index contributed by atoms with van der Waals surface area (Å²) in [4.78, 5) is 8.70. The molecule has 26 heavy (non-hydrogen) atoms. The van der Waals surface area contributed by atoms with E-state index in [9.17, 15) is 18.3 Å². The number of aliphatic hydroxyl groups is 1. The molecule has 0 radical (unpaired) electrons. The van der Waals surface area contributed by atoms with E-state index in [2.05, 4.69) is 20.6 Å². The molecule has 0 bridgehead atoms. The largest absolute Gasteiger partial charge is 0.417 e. The first-order chi connectivity index (χ1) is 12.3. The maximum absolute atomic E-state index is 13.0. The van der Waals surface area contributed by atoms with Crippen LogP contribution >= 0.6 is 11.6 Å². The van der Waals surface area contributed by atoms with Crippen molar-refractivity contribution in [3.63, 3.8) is 0 Å². The van der Waals surface area contributed by atoms with Crippen molar-refractivity contribution in [2.45, 2.75) is 37.9 Å². The minimum absolute atomic E-state index is 0.0914. The molecule has 0 aliphatic heterocycles. The summed E-state index contributed by atoms with van der Waals surface area (Å²) in [5.74, 6) is 1.04. The Morgan fingerprint density at radius 2 is 2.00 bits per heavy atom. The highest BCUT2D eigenvalue weighted by Gasteiger charge is 2.33. The Kier molecular flexibility index (Phi) is 5.24.